The van der Waals surface area contributed by atoms with Crippen molar-refractivity contribution in [3.05, 3.63) is 29.6 Å². The molecule has 0 fully saturated rings. The molecule has 0 heterocycles. The second-order valence-corrected chi connectivity index (χ2v) is 7.12. The summed E-state index contributed by atoms with van der Waals surface area (Å²) in [5, 5.41) is 8.87. The number of rotatable bonds is 3. The lowest BCUT2D eigenvalue weighted by Gasteiger charge is -2.21. The molecule has 0 aliphatic carbocycles. The Morgan fingerprint density at radius 1 is 1.33 bits per heavy atom. The summed E-state index contributed by atoms with van der Waals surface area (Å²) in [5.74, 6) is -2.52. The van der Waals surface area contributed by atoms with Crippen molar-refractivity contribution in [1.82, 2.24) is 0 Å². The van der Waals surface area contributed by atoms with E-state index < -0.39 is 32.1 Å². The maximum atomic E-state index is 13.4. The molecule has 0 saturated carbocycles. The molecule has 0 amide bonds. The van der Waals surface area contributed by atoms with Gasteiger partial charge in [-0.3, -0.25) is 4.72 Å². The van der Waals surface area contributed by atoms with Crippen molar-refractivity contribution in [1.29, 1.82) is 0 Å². The van der Waals surface area contributed by atoms with Crippen LogP contribution in [-0.4, -0.2) is 24.2 Å². The van der Waals surface area contributed by atoms with Crippen LogP contribution in [0, 0.1) is 5.82 Å². The fraction of sp³-hybridized carbons (Fsp3) is 0.364. The number of sulfonamides is 1. The minimum absolute atomic E-state index is 0.280. The van der Waals surface area contributed by atoms with Crippen LogP contribution in [0.5, 0.6) is 0 Å². The molecule has 0 spiro atoms. The molecule has 18 heavy (non-hydrogen) atoms. The average Bonchev–Trinajstić information content (AvgIpc) is 2.14. The highest BCUT2D eigenvalue weighted by molar-refractivity contribution is 7.94. The highest BCUT2D eigenvalue weighted by Crippen LogP contribution is 2.24. The summed E-state index contributed by atoms with van der Waals surface area (Å²) in [6, 6.07) is 3.40. The first-order valence-corrected chi connectivity index (χ1v) is 6.59. The second-order valence-electron chi connectivity index (χ2n) is 4.69. The van der Waals surface area contributed by atoms with E-state index in [-0.39, 0.29) is 5.69 Å². The zero-order chi connectivity index (χ0) is 14.1. The molecular formula is C11H14FNO4S. The van der Waals surface area contributed by atoms with Gasteiger partial charge in [0, 0.05) is 0 Å². The van der Waals surface area contributed by atoms with Crippen molar-refractivity contribution in [3.8, 4) is 0 Å². The molecule has 0 bridgehead atoms. The van der Waals surface area contributed by atoms with Crippen LogP contribution in [0.25, 0.3) is 0 Å². The van der Waals surface area contributed by atoms with Gasteiger partial charge in [0.05, 0.1) is 10.4 Å². The SMILES string of the molecule is CC(C)(C)S(=O)(=O)Nc1cccc(F)c1C(=O)O. The van der Waals surface area contributed by atoms with Gasteiger partial charge in [0.2, 0.25) is 10.0 Å². The lowest BCUT2D eigenvalue weighted by molar-refractivity contribution is 0.0693. The second kappa shape index (κ2) is 4.56. The molecule has 0 aliphatic heterocycles. The largest absolute Gasteiger partial charge is 0.478 e. The predicted octanol–water partition coefficient (Wildman–Crippen LogP) is 2.06. The van der Waals surface area contributed by atoms with Gasteiger partial charge in [0.25, 0.3) is 0 Å². The summed E-state index contributed by atoms with van der Waals surface area (Å²) in [5.41, 5.74) is -0.970. The monoisotopic (exact) mass is 275 g/mol. The topological polar surface area (TPSA) is 83.5 Å². The molecule has 1 rings (SSSR count). The third-order valence-corrected chi connectivity index (χ3v) is 4.38. The van der Waals surface area contributed by atoms with Gasteiger partial charge in [-0.1, -0.05) is 6.07 Å². The van der Waals surface area contributed by atoms with Crippen LogP contribution in [0.3, 0.4) is 0 Å². The third kappa shape index (κ3) is 2.79. The van der Waals surface area contributed by atoms with Crippen LogP contribution in [0.1, 0.15) is 31.1 Å². The minimum Gasteiger partial charge on any atom is -0.478 e. The predicted molar refractivity (Wildman–Crippen MR) is 65.7 cm³/mol. The van der Waals surface area contributed by atoms with Gasteiger partial charge in [-0.05, 0) is 32.9 Å². The fourth-order valence-corrected chi connectivity index (χ4v) is 1.89. The molecule has 0 atom stereocenters. The van der Waals surface area contributed by atoms with Crippen molar-refractivity contribution >= 4 is 21.7 Å². The molecule has 100 valence electrons. The van der Waals surface area contributed by atoms with Crippen LogP contribution in [0.4, 0.5) is 10.1 Å². The summed E-state index contributed by atoms with van der Waals surface area (Å²) >= 11 is 0. The Morgan fingerprint density at radius 3 is 2.33 bits per heavy atom. The van der Waals surface area contributed by atoms with Crippen LogP contribution < -0.4 is 4.72 Å². The Hall–Kier alpha value is -1.63. The van der Waals surface area contributed by atoms with Crippen molar-refractivity contribution in [3.63, 3.8) is 0 Å². The number of carboxylic acid groups (broad SMARTS) is 1. The van der Waals surface area contributed by atoms with E-state index in [2.05, 4.69) is 4.72 Å². The van der Waals surface area contributed by atoms with E-state index in [1.807, 2.05) is 0 Å². The molecule has 0 aliphatic rings. The van der Waals surface area contributed by atoms with E-state index in [1.165, 1.54) is 32.9 Å². The minimum atomic E-state index is -3.80. The molecule has 7 heteroatoms. The molecular weight excluding hydrogens is 261 g/mol. The summed E-state index contributed by atoms with van der Waals surface area (Å²) in [6.07, 6.45) is 0. The standard InChI is InChI=1S/C11H14FNO4S/c1-11(2,3)18(16,17)13-8-6-4-5-7(12)9(8)10(14)15/h4-6,13H,1-3H3,(H,14,15). The first-order chi connectivity index (χ1) is 8.06. The van der Waals surface area contributed by atoms with Crippen molar-refractivity contribution in [2.24, 2.45) is 0 Å². The zero-order valence-corrected chi connectivity index (χ0v) is 11.0. The Morgan fingerprint density at radius 2 is 1.89 bits per heavy atom. The Bertz CT molecular complexity index is 575. The Labute approximate surface area is 105 Å². The van der Waals surface area contributed by atoms with Gasteiger partial charge in [0.1, 0.15) is 11.4 Å². The Kier molecular flexibility index (Phi) is 3.66. The molecule has 0 unspecified atom stereocenters. The molecule has 0 aromatic heterocycles. The first kappa shape index (κ1) is 14.4. The number of carbonyl (C=O) groups is 1. The van der Waals surface area contributed by atoms with E-state index >= 15 is 0 Å². The van der Waals surface area contributed by atoms with Gasteiger partial charge in [0.15, 0.2) is 0 Å². The average molecular weight is 275 g/mol. The summed E-state index contributed by atoms with van der Waals surface area (Å²) < 4.78 is 38.1. The van der Waals surface area contributed by atoms with Crippen LogP contribution in [0.15, 0.2) is 18.2 Å². The molecule has 5 nitrogen and oxygen atoms in total. The number of carboxylic acids is 1. The van der Waals surface area contributed by atoms with E-state index in [1.54, 1.807) is 0 Å². The van der Waals surface area contributed by atoms with E-state index in [0.29, 0.717) is 0 Å². The summed E-state index contributed by atoms with van der Waals surface area (Å²) in [6.45, 7) is 4.36. The molecule has 0 radical (unpaired) electrons. The highest BCUT2D eigenvalue weighted by atomic mass is 32.2. The summed E-state index contributed by atoms with van der Waals surface area (Å²) in [4.78, 5) is 10.9. The number of benzene rings is 1. The number of nitrogens with one attached hydrogen (secondary N) is 1. The van der Waals surface area contributed by atoms with Crippen LogP contribution in [-0.2, 0) is 10.0 Å². The van der Waals surface area contributed by atoms with Gasteiger partial charge in [-0.15, -0.1) is 0 Å². The smallest absolute Gasteiger partial charge is 0.340 e. The van der Waals surface area contributed by atoms with Crippen molar-refractivity contribution in [2.75, 3.05) is 4.72 Å². The number of anilines is 1. The van der Waals surface area contributed by atoms with Crippen LogP contribution in [0.2, 0.25) is 0 Å². The zero-order valence-electron chi connectivity index (χ0n) is 10.2. The van der Waals surface area contributed by atoms with Gasteiger partial charge >= 0.3 is 5.97 Å². The number of hydrogen-bond donors (Lipinski definition) is 2. The van der Waals surface area contributed by atoms with Gasteiger partial charge in [-0.2, -0.15) is 0 Å². The Balaban J connectivity index is 3.30. The molecule has 2 N–H and O–H groups in total. The normalized spacial score (nSPS) is 12.2. The maximum Gasteiger partial charge on any atom is 0.340 e. The van der Waals surface area contributed by atoms with Crippen molar-refractivity contribution in [2.45, 2.75) is 25.5 Å². The van der Waals surface area contributed by atoms with E-state index in [4.69, 9.17) is 5.11 Å². The quantitative estimate of drug-likeness (QED) is 0.884. The first-order valence-electron chi connectivity index (χ1n) is 5.10. The molecule has 1 aromatic rings. The number of halogens is 1. The van der Waals surface area contributed by atoms with E-state index in [9.17, 15) is 17.6 Å². The summed E-state index contributed by atoms with van der Waals surface area (Å²) in [7, 11) is -3.80. The lowest BCUT2D eigenvalue weighted by Crippen LogP contribution is -2.34. The van der Waals surface area contributed by atoms with Crippen LogP contribution >= 0.6 is 0 Å². The van der Waals surface area contributed by atoms with Crippen molar-refractivity contribution < 1.29 is 22.7 Å². The van der Waals surface area contributed by atoms with E-state index in [0.717, 1.165) is 6.07 Å². The van der Waals surface area contributed by atoms with Gasteiger partial charge in [-0.25, -0.2) is 17.6 Å². The van der Waals surface area contributed by atoms with Gasteiger partial charge < -0.3 is 5.11 Å². The molecule has 1 aromatic carbocycles. The number of hydrogen-bond acceptors (Lipinski definition) is 3. The number of aromatic carboxylic acids is 1. The maximum absolute atomic E-state index is 13.4. The highest BCUT2D eigenvalue weighted by Gasteiger charge is 2.30. The lowest BCUT2D eigenvalue weighted by atomic mass is 10.2. The fourth-order valence-electron chi connectivity index (χ4n) is 1.12. The molecule has 0 saturated heterocycles. The third-order valence-electron chi connectivity index (χ3n) is 2.28.